The van der Waals surface area contributed by atoms with Crippen LogP contribution in [-0.4, -0.2) is 62.8 Å². The molecule has 0 radical (unpaired) electrons. The minimum Gasteiger partial charge on any atom is -0.489 e. The first-order valence-corrected chi connectivity index (χ1v) is 7.78. The lowest BCUT2D eigenvalue weighted by Crippen LogP contribution is -2.47. The van der Waals surface area contributed by atoms with Crippen LogP contribution in [0.5, 0.6) is 5.75 Å². The third-order valence-corrected chi connectivity index (χ3v) is 3.18. The molecule has 0 spiro atoms. The van der Waals surface area contributed by atoms with Crippen molar-refractivity contribution in [2.24, 2.45) is 4.99 Å². The highest BCUT2D eigenvalue weighted by Gasteiger charge is 2.31. The Morgan fingerprint density at radius 3 is 2.42 bits per heavy atom. The zero-order valence-electron chi connectivity index (χ0n) is 14.7. The lowest BCUT2D eigenvalue weighted by Gasteiger charge is -2.21. The summed E-state index contributed by atoms with van der Waals surface area (Å²) >= 11 is 0. The number of nitrogens with one attached hydrogen (secondary N) is 2. The van der Waals surface area contributed by atoms with Gasteiger partial charge >= 0.3 is 6.18 Å². The van der Waals surface area contributed by atoms with Gasteiger partial charge in [-0.05, 0) is 31.2 Å². The molecule has 146 valence electrons. The molecule has 0 aromatic heterocycles. The van der Waals surface area contributed by atoms with Crippen LogP contribution in [0.3, 0.4) is 0 Å². The van der Waals surface area contributed by atoms with Crippen LogP contribution >= 0.6 is 0 Å². The minimum atomic E-state index is -4.45. The molecular formula is C16H22F4N4O2. The summed E-state index contributed by atoms with van der Waals surface area (Å²) in [6, 6.07) is 5.54. The predicted octanol–water partition coefficient (Wildman–Crippen LogP) is 1.78. The van der Waals surface area contributed by atoms with Gasteiger partial charge in [-0.3, -0.25) is 9.79 Å². The van der Waals surface area contributed by atoms with Crippen molar-refractivity contribution < 1.29 is 27.1 Å². The fraction of sp³-hybridized carbons (Fsp3) is 0.500. The first kappa shape index (κ1) is 21.5. The molecule has 1 amide bonds. The number of guanidine groups is 1. The number of amides is 1. The SMILES string of the molecule is CN=C(NCC(=O)N(C)CC(F)(F)F)NCC(C)Oc1ccc(F)cc1. The molecule has 0 fully saturated rings. The van der Waals surface area contributed by atoms with E-state index in [1.54, 1.807) is 6.92 Å². The van der Waals surface area contributed by atoms with Crippen molar-refractivity contribution in [3.63, 3.8) is 0 Å². The number of hydrogen-bond donors (Lipinski definition) is 2. The van der Waals surface area contributed by atoms with Crippen molar-refractivity contribution in [3.05, 3.63) is 30.1 Å². The van der Waals surface area contributed by atoms with Crippen molar-refractivity contribution in [3.8, 4) is 5.75 Å². The quantitative estimate of drug-likeness (QED) is 0.431. The van der Waals surface area contributed by atoms with Gasteiger partial charge in [0.2, 0.25) is 5.91 Å². The molecule has 0 aliphatic heterocycles. The smallest absolute Gasteiger partial charge is 0.406 e. The third-order valence-electron chi connectivity index (χ3n) is 3.18. The number of ether oxygens (including phenoxy) is 1. The lowest BCUT2D eigenvalue weighted by atomic mass is 10.3. The Bertz CT molecular complexity index is 605. The molecule has 10 heteroatoms. The number of benzene rings is 1. The highest BCUT2D eigenvalue weighted by molar-refractivity contribution is 5.86. The second-order valence-electron chi connectivity index (χ2n) is 5.55. The summed E-state index contributed by atoms with van der Waals surface area (Å²) < 4.78 is 55.2. The number of carbonyl (C=O) groups excluding carboxylic acids is 1. The van der Waals surface area contributed by atoms with Crippen LogP contribution in [0.1, 0.15) is 6.92 Å². The molecule has 0 saturated heterocycles. The standard InChI is InChI=1S/C16H22F4N4O2/c1-11(26-13-6-4-12(17)5-7-13)8-22-15(21-2)23-9-14(25)24(3)10-16(18,19)20/h4-7,11H,8-10H2,1-3H3,(H2,21,22,23). The van der Waals surface area contributed by atoms with Gasteiger partial charge in [0.1, 0.15) is 24.2 Å². The maximum atomic E-state index is 12.8. The minimum absolute atomic E-state index is 0.244. The van der Waals surface area contributed by atoms with Gasteiger partial charge in [-0.2, -0.15) is 13.2 Å². The Kier molecular flexibility index (Phi) is 8.14. The maximum absolute atomic E-state index is 12.8. The summed E-state index contributed by atoms with van der Waals surface area (Å²) in [4.78, 5) is 16.1. The van der Waals surface area contributed by atoms with Crippen LogP contribution in [0, 0.1) is 5.82 Å². The summed E-state index contributed by atoms with van der Waals surface area (Å²) in [6.07, 6.45) is -4.75. The lowest BCUT2D eigenvalue weighted by molar-refractivity contribution is -0.157. The predicted molar refractivity (Wildman–Crippen MR) is 89.5 cm³/mol. The maximum Gasteiger partial charge on any atom is 0.406 e. The fourth-order valence-corrected chi connectivity index (χ4v) is 1.90. The van der Waals surface area contributed by atoms with Gasteiger partial charge in [-0.25, -0.2) is 4.39 Å². The molecule has 1 aromatic rings. The second kappa shape index (κ2) is 9.83. The van der Waals surface area contributed by atoms with E-state index in [0.717, 1.165) is 7.05 Å². The van der Waals surface area contributed by atoms with Gasteiger partial charge in [0.05, 0.1) is 13.1 Å². The van der Waals surface area contributed by atoms with E-state index in [2.05, 4.69) is 15.6 Å². The number of nitrogens with zero attached hydrogens (tertiary/aromatic N) is 2. The largest absolute Gasteiger partial charge is 0.489 e. The number of hydrogen-bond acceptors (Lipinski definition) is 3. The normalized spacial score (nSPS) is 13.1. The van der Waals surface area contributed by atoms with Crippen LogP contribution in [-0.2, 0) is 4.79 Å². The van der Waals surface area contributed by atoms with E-state index in [1.807, 2.05) is 0 Å². The third kappa shape index (κ3) is 8.54. The summed E-state index contributed by atoms with van der Waals surface area (Å²) in [5.41, 5.74) is 0. The molecule has 1 aromatic carbocycles. The number of likely N-dealkylation sites (N-methyl/N-ethyl adjacent to an activating group) is 1. The molecule has 0 aliphatic carbocycles. The van der Waals surface area contributed by atoms with Crippen molar-refractivity contribution in [2.45, 2.75) is 19.2 Å². The second-order valence-corrected chi connectivity index (χ2v) is 5.55. The summed E-state index contributed by atoms with van der Waals surface area (Å²) in [5.74, 6) is -0.352. The molecule has 0 aliphatic rings. The van der Waals surface area contributed by atoms with Gasteiger partial charge in [-0.1, -0.05) is 0 Å². The molecule has 0 saturated carbocycles. The van der Waals surface area contributed by atoms with E-state index >= 15 is 0 Å². The molecule has 2 N–H and O–H groups in total. The number of alkyl halides is 3. The Balaban J connectivity index is 2.38. The molecular weight excluding hydrogens is 356 g/mol. The number of rotatable bonds is 7. The van der Waals surface area contributed by atoms with E-state index in [4.69, 9.17) is 4.74 Å². The topological polar surface area (TPSA) is 66.0 Å². The summed E-state index contributed by atoms with van der Waals surface area (Å²) in [7, 11) is 2.54. The molecule has 26 heavy (non-hydrogen) atoms. The Morgan fingerprint density at radius 2 is 1.88 bits per heavy atom. The molecule has 0 heterocycles. The van der Waals surface area contributed by atoms with Crippen LogP contribution in [0.2, 0.25) is 0 Å². The van der Waals surface area contributed by atoms with Crippen molar-refractivity contribution in [1.29, 1.82) is 0 Å². The van der Waals surface area contributed by atoms with E-state index in [-0.39, 0.29) is 24.4 Å². The number of aliphatic imine (C=N–C) groups is 1. The highest BCUT2D eigenvalue weighted by Crippen LogP contribution is 2.15. The molecule has 1 atom stereocenters. The monoisotopic (exact) mass is 378 g/mol. The molecule has 6 nitrogen and oxygen atoms in total. The summed E-state index contributed by atoms with van der Waals surface area (Å²) in [6.45, 7) is 0.428. The van der Waals surface area contributed by atoms with E-state index in [1.165, 1.54) is 31.3 Å². The molecule has 1 rings (SSSR count). The fourth-order valence-electron chi connectivity index (χ4n) is 1.90. The first-order valence-electron chi connectivity index (χ1n) is 7.78. The van der Waals surface area contributed by atoms with Crippen LogP contribution in [0.15, 0.2) is 29.3 Å². The van der Waals surface area contributed by atoms with E-state index < -0.39 is 18.6 Å². The van der Waals surface area contributed by atoms with Crippen LogP contribution in [0.25, 0.3) is 0 Å². The van der Waals surface area contributed by atoms with Gasteiger partial charge in [0, 0.05) is 14.1 Å². The zero-order valence-corrected chi connectivity index (χ0v) is 14.7. The molecule has 0 bridgehead atoms. The Hall–Kier alpha value is -2.52. The highest BCUT2D eigenvalue weighted by atomic mass is 19.4. The van der Waals surface area contributed by atoms with Crippen molar-refractivity contribution >= 4 is 11.9 Å². The summed E-state index contributed by atoms with van der Waals surface area (Å²) in [5, 5.41) is 5.53. The van der Waals surface area contributed by atoms with Crippen molar-refractivity contribution in [2.75, 3.05) is 33.7 Å². The van der Waals surface area contributed by atoms with Gasteiger partial charge < -0.3 is 20.3 Å². The zero-order chi connectivity index (χ0) is 19.7. The first-order chi connectivity index (χ1) is 12.1. The number of carbonyl (C=O) groups is 1. The number of halogens is 4. The van der Waals surface area contributed by atoms with Crippen molar-refractivity contribution in [1.82, 2.24) is 15.5 Å². The van der Waals surface area contributed by atoms with E-state index in [9.17, 15) is 22.4 Å². The van der Waals surface area contributed by atoms with Crippen LogP contribution < -0.4 is 15.4 Å². The van der Waals surface area contributed by atoms with Gasteiger partial charge in [0.15, 0.2) is 5.96 Å². The average Bonchev–Trinajstić information content (AvgIpc) is 2.55. The average molecular weight is 378 g/mol. The van der Waals surface area contributed by atoms with E-state index in [0.29, 0.717) is 17.2 Å². The Morgan fingerprint density at radius 1 is 1.27 bits per heavy atom. The Labute approximate surface area is 149 Å². The van der Waals surface area contributed by atoms with Gasteiger partial charge in [0.25, 0.3) is 0 Å². The molecule has 1 unspecified atom stereocenters. The van der Waals surface area contributed by atoms with Gasteiger partial charge in [-0.15, -0.1) is 0 Å². The van der Waals surface area contributed by atoms with Crippen LogP contribution in [0.4, 0.5) is 17.6 Å².